The Hall–Kier alpha value is -6.08. The van der Waals surface area contributed by atoms with Crippen molar-refractivity contribution < 1.29 is 37.4 Å². The summed E-state index contributed by atoms with van der Waals surface area (Å²) in [5.41, 5.74) is 10.7. The molecule has 10 rings (SSSR count). The van der Waals surface area contributed by atoms with Crippen molar-refractivity contribution in [3.05, 3.63) is 204 Å². The van der Waals surface area contributed by atoms with E-state index < -0.39 is 22.2 Å². The minimum Gasteiger partial charge on any atom is -0.462 e. The fourth-order valence-electron chi connectivity index (χ4n) is 12.2. The molecule has 2 atom stereocenters. The number of hydrogen-bond donors (Lipinski definition) is 2. The second-order valence-electron chi connectivity index (χ2n) is 29.6. The maximum Gasteiger partial charge on any atom is 0.407 e. The van der Waals surface area contributed by atoms with Crippen LogP contribution in [-0.4, -0.2) is 102 Å². The molecule has 0 saturated heterocycles. The maximum absolute atomic E-state index is 12.2. The SMILES string of the molecule is CC(C)(C)OC(=O)N[C@@H](CI)CCO[Si](c1ccccc1)(c1ccccc1)C(C)(C)C.CC(C)(C)OC=O.CC1(C)OCCn2cc(-c3ccc(Br)cc3)nc21.CC1(C)OCCn2cc(-c3ccc(CC(N)CCO[Si](c4ccccc4)(c4ccccc4)C(C)(C)C)cc3)nc21. The number of aromatic nitrogens is 4. The third-order valence-electron chi connectivity index (χ3n) is 16.8. The summed E-state index contributed by atoms with van der Waals surface area (Å²) in [6, 6.07) is 59.7. The molecule has 18 heteroatoms. The van der Waals surface area contributed by atoms with Crippen molar-refractivity contribution in [3.8, 4) is 22.5 Å². The maximum atomic E-state index is 12.2. The molecular weight excluding hydrogens is 1410 g/mol. The Morgan fingerprint density at radius 1 is 0.594 bits per heavy atom. The number of imidazole rings is 2. The van der Waals surface area contributed by atoms with Gasteiger partial charge >= 0.3 is 6.09 Å². The molecule has 2 aliphatic heterocycles. The van der Waals surface area contributed by atoms with Crippen molar-refractivity contribution in [3.63, 3.8) is 0 Å². The first kappa shape index (κ1) is 77.3. The van der Waals surface area contributed by atoms with Crippen LogP contribution in [0.2, 0.25) is 10.1 Å². The van der Waals surface area contributed by atoms with Crippen LogP contribution >= 0.6 is 38.5 Å². The van der Waals surface area contributed by atoms with Crippen LogP contribution in [0.25, 0.3) is 22.5 Å². The van der Waals surface area contributed by atoms with Gasteiger partial charge < -0.3 is 48.0 Å². The summed E-state index contributed by atoms with van der Waals surface area (Å²) in [5.74, 6) is 1.99. The molecule has 8 aromatic rings. The van der Waals surface area contributed by atoms with Crippen LogP contribution in [-0.2, 0) is 63.3 Å². The molecule has 96 heavy (non-hydrogen) atoms. The second-order valence-corrected chi connectivity index (χ2v) is 40.0. The van der Waals surface area contributed by atoms with Crippen molar-refractivity contribution in [2.45, 2.75) is 188 Å². The zero-order chi connectivity index (χ0) is 70.2. The summed E-state index contributed by atoms with van der Waals surface area (Å²) in [7, 11) is -5.10. The highest BCUT2D eigenvalue weighted by Crippen LogP contribution is 2.39. The minimum absolute atomic E-state index is 0.00587. The van der Waals surface area contributed by atoms with E-state index in [1.165, 1.54) is 26.3 Å². The molecule has 3 N–H and O–H groups in total. The number of alkyl carbamates (subject to hydrolysis) is 1. The molecule has 0 saturated carbocycles. The molecule has 0 aliphatic carbocycles. The summed E-state index contributed by atoms with van der Waals surface area (Å²) >= 11 is 5.75. The number of halogens is 2. The Balaban J connectivity index is 0.000000204. The number of alkyl halides is 1. The quantitative estimate of drug-likeness (QED) is 0.0343. The van der Waals surface area contributed by atoms with Crippen LogP contribution in [0, 0.1) is 0 Å². The van der Waals surface area contributed by atoms with Crippen molar-refractivity contribution in [2.24, 2.45) is 5.73 Å². The van der Waals surface area contributed by atoms with E-state index in [-0.39, 0.29) is 45.1 Å². The highest BCUT2D eigenvalue weighted by atomic mass is 127. The van der Waals surface area contributed by atoms with Gasteiger partial charge in [0, 0.05) is 70.8 Å². The highest BCUT2D eigenvalue weighted by Gasteiger charge is 2.51. The molecule has 2 aromatic heterocycles. The van der Waals surface area contributed by atoms with Crippen LogP contribution < -0.4 is 31.8 Å². The summed E-state index contributed by atoms with van der Waals surface area (Å²) in [5, 5.41) is 8.02. The molecule has 0 radical (unpaired) electrons. The van der Waals surface area contributed by atoms with Gasteiger partial charge in [0.1, 0.15) is 34.1 Å². The monoisotopic (exact) mass is 1510 g/mol. The summed E-state index contributed by atoms with van der Waals surface area (Å²) in [6.07, 6.45) is 6.22. The Morgan fingerprint density at radius 3 is 1.29 bits per heavy atom. The zero-order valence-corrected chi connectivity index (χ0v) is 65.3. The number of fused-ring (bicyclic) bond motifs is 2. The lowest BCUT2D eigenvalue weighted by Gasteiger charge is -2.43. The standard InChI is InChI=1S/C34H43N3O2Si.C25H36INO3Si.C14H15BrN2O.C5H10O2/c1-33(2,3)40(29-12-8-6-9-13-29,30-14-10-7-11-15-30)39-22-20-28(35)24-26-16-18-27(19-17-26)31-25-37-21-23-38-34(4,5)32(37)36-31;1-24(2,3)30-23(28)27-20(19-26)17-18-29-31(25(4,5)6,21-13-9-7-10-14-21)22-15-11-8-12-16-22;1-14(2)13-16-12(9-17(13)7-8-18-14)10-3-5-11(15)6-4-10;1-5(2,3)7-4-6/h6-19,25,28H,20-24,35H2,1-5H3;7-16,20H,17-19H2,1-6H3,(H,27,28);3-6,9H,7-8H2,1-2H3;4H,1-3H3/t;20-;;/m.1../s1. The lowest BCUT2D eigenvalue weighted by molar-refractivity contribution is -0.138. The van der Waals surface area contributed by atoms with E-state index in [9.17, 15) is 9.59 Å². The first-order chi connectivity index (χ1) is 45.2. The average Bonchev–Trinajstić information content (AvgIpc) is 1.14. The molecular formula is C78H104BrIN6O8Si2. The summed E-state index contributed by atoms with van der Waals surface area (Å²) in [6.45, 7) is 38.0. The number of nitrogens with one attached hydrogen (secondary N) is 1. The van der Waals surface area contributed by atoms with Crippen molar-refractivity contribution in [1.82, 2.24) is 24.4 Å². The van der Waals surface area contributed by atoms with E-state index >= 15 is 0 Å². The molecule has 2 aliphatic rings. The molecule has 0 bridgehead atoms. The lowest BCUT2D eigenvalue weighted by atomic mass is 10.0. The number of carbonyl (C=O) groups excluding carboxylic acids is 2. The number of hydrogen-bond acceptors (Lipinski definition) is 11. The van der Waals surface area contributed by atoms with Crippen molar-refractivity contribution >= 4 is 88.5 Å². The number of amides is 1. The molecule has 516 valence electrons. The number of rotatable bonds is 19. The highest BCUT2D eigenvalue weighted by molar-refractivity contribution is 14.1. The zero-order valence-electron chi connectivity index (χ0n) is 59.5. The van der Waals surface area contributed by atoms with Gasteiger partial charge in [-0.1, -0.05) is 238 Å². The van der Waals surface area contributed by atoms with E-state index in [0.29, 0.717) is 26.3 Å². The van der Waals surface area contributed by atoms with E-state index in [1.54, 1.807) is 0 Å². The fraction of sp³-hybridized carbons (Fsp3) is 0.436. The van der Waals surface area contributed by atoms with Gasteiger partial charge in [-0.3, -0.25) is 4.79 Å². The van der Waals surface area contributed by atoms with E-state index in [1.807, 2.05) is 65.8 Å². The third kappa shape index (κ3) is 20.8. The van der Waals surface area contributed by atoms with Gasteiger partial charge in [-0.25, -0.2) is 14.8 Å². The number of nitrogens with zero attached hydrogens (tertiary/aromatic N) is 4. The van der Waals surface area contributed by atoms with Crippen LogP contribution in [0.15, 0.2) is 187 Å². The van der Waals surface area contributed by atoms with Gasteiger partial charge in [0.15, 0.2) is 0 Å². The minimum atomic E-state index is -2.55. The molecule has 6 aromatic carbocycles. The molecule has 0 spiro atoms. The summed E-state index contributed by atoms with van der Waals surface area (Å²) < 4.78 is 41.9. The summed E-state index contributed by atoms with van der Waals surface area (Å²) in [4.78, 5) is 31.4. The van der Waals surface area contributed by atoms with Crippen LogP contribution in [0.5, 0.6) is 0 Å². The molecule has 0 fully saturated rings. The first-order valence-corrected chi connectivity index (χ1v) is 39.6. The molecule has 14 nitrogen and oxygen atoms in total. The molecule has 1 amide bonds. The lowest BCUT2D eigenvalue weighted by Crippen LogP contribution is -2.66. The van der Waals surface area contributed by atoms with Crippen molar-refractivity contribution in [1.29, 1.82) is 0 Å². The normalized spacial score (nSPS) is 15.1. The molecule has 1 unspecified atom stereocenters. The molecule has 4 heterocycles. The number of ether oxygens (including phenoxy) is 4. The number of nitrogens with two attached hydrogens (primary N) is 1. The third-order valence-corrected chi connectivity index (χ3v) is 28.5. The van der Waals surface area contributed by atoms with E-state index in [2.05, 4.69) is 285 Å². The van der Waals surface area contributed by atoms with Crippen molar-refractivity contribution in [2.75, 3.05) is 30.9 Å². The number of benzene rings is 6. The fourth-order valence-corrected chi connectivity index (χ4v) is 22.3. The van der Waals surface area contributed by atoms with Crippen LogP contribution in [0.4, 0.5) is 4.79 Å². The Labute approximate surface area is 596 Å². The Kier molecular flexibility index (Phi) is 27.1. The van der Waals surface area contributed by atoms with Gasteiger partial charge in [0.25, 0.3) is 23.1 Å². The van der Waals surface area contributed by atoms with Gasteiger partial charge in [0.2, 0.25) is 0 Å². The average molecular weight is 1520 g/mol. The van der Waals surface area contributed by atoms with Gasteiger partial charge in [-0.05, 0) is 137 Å². The predicted octanol–water partition coefficient (Wildman–Crippen LogP) is 15.5. The largest absolute Gasteiger partial charge is 0.462 e. The van der Waals surface area contributed by atoms with Crippen LogP contribution in [0.1, 0.15) is 141 Å². The second kappa shape index (κ2) is 33.7. The Bertz CT molecular complexity index is 3600. The van der Waals surface area contributed by atoms with Crippen LogP contribution in [0.3, 0.4) is 0 Å². The van der Waals surface area contributed by atoms with Gasteiger partial charge in [-0.2, -0.15) is 0 Å². The topological polar surface area (TPSA) is 163 Å². The van der Waals surface area contributed by atoms with E-state index in [4.69, 9.17) is 38.8 Å². The van der Waals surface area contributed by atoms with E-state index in [0.717, 1.165) is 82.0 Å². The Morgan fingerprint density at radius 2 is 0.969 bits per heavy atom. The smallest absolute Gasteiger partial charge is 0.407 e. The van der Waals surface area contributed by atoms with Gasteiger partial charge in [0.05, 0.1) is 24.6 Å². The predicted molar refractivity (Wildman–Crippen MR) is 408 cm³/mol. The number of carbonyl (C=O) groups is 2. The first-order valence-electron chi connectivity index (χ1n) is 33.4. The van der Waals surface area contributed by atoms with Gasteiger partial charge in [-0.15, -0.1) is 0 Å².